The molecule has 0 saturated carbocycles. The fraction of sp³-hybridized carbons (Fsp3) is 0.389. The van der Waals surface area contributed by atoms with Crippen molar-refractivity contribution in [3.63, 3.8) is 0 Å². The maximum absolute atomic E-state index is 12.6. The van der Waals surface area contributed by atoms with Crippen LogP contribution in [-0.4, -0.2) is 41.7 Å². The van der Waals surface area contributed by atoms with Crippen molar-refractivity contribution in [1.29, 1.82) is 5.26 Å². The molecule has 0 N–H and O–H groups in total. The zero-order chi connectivity index (χ0) is 19.4. The molecule has 0 amide bonds. The van der Waals surface area contributed by atoms with Gasteiger partial charge in [0.15, 0.2) is 0 Å². The van der Waals surface area contributed by atoms with E-state index >= 15 is 0 Å². The lowest BCUT2D eigenvalue weighted by atomic mass is 10.1. The molecule has 0 spiro atoms. The Morgan fingerprint density at radius 2 is 2.19 bits per heavy atom. The third-order valence-electron chi connectivity index (χ3n) is 4.40. The first kappa shape index (κ1) is 19.1. The van der Waals surface area contributed by atoms with E-state index in [9.17, 15) is 13.2 Å². The van der Waals surface area contributed by atoms with Crippen LogP contribution in [0.1, 0.15) is 23.2 Å². The average molecular weight is 388 g/mol. The summed E-state index contributed by atoms with van der Waals surface area (Å²) in [5.74, 6) is 0.617. The Bertz CT molecular complexity index is 1040. The minimum absolute atomic E-state index is 0.125. The topological polar surface area (TPSA) is 105 Å². The van der Waals surface area contributed by atoms with Gasteiger partial charge in [-0.3, -0.25) is 9.36 Å². The van der Waals surface area contributed by atoms with Crippen molar-refractivity contribution in [2.45, 2.75) is 25.9 Å². The first-order valence-electron chi connectivity index (χ1n) is 8.54. The molecular weight excluding hydrogens is 368 g/mol. The summed E-state index contributed by atoms with van der Waals surface area (Å²) in [5, 5.41) is 8.88. The Morgan fingerprint density at radius 1 is 1.37 bits per heavy atom. The molecule has 2 heterocycles. The normalized spacial score (nSPS) is 14.4. The standard InChI is InChI=1S/C18H20N4O4S/c1-27(24,25)22-8-6-16-17(12-22)20-13-21(18(16)23)7-3-9-26-15-5-2-4-14(10-15)11-19/h2,4-5,10,13H,3,6-9,12H2,1H3. The first-order chi connectivity index (χ1) is 12.9. The van der Waals surface area contributed by atoms with Crippen molar-refractivity contribution in [3.8, 4) is 11.8 Å². The molecule has 0 atom stereocenters. The molecule has 1 aliphatic heterocycles. The van der Waals surface area contributed by atoms with Crippen molar-refractivity contribution >= 4 is 10.0 Å². The molecule has 3 rings (SSSR count). The number of nitrogens with zero attached hydrogens (tertiary/aromatic N) is 4. The van der Waals surface area contributed by atoms with E-state index in [1.807, 2.05) is 0 Å². The molecule has 1 aromatic heterocycles. The Morgan fingerprint density at radius 3 is 2.93 bits per heavy atom. The number of sulfonamides is 1. The van der Waals surface area contributed by atoms with Gasteiger partial charge in [0.2, 0.25) is 10.0 Å². The van der Waals surface area contributed by atoms with Crippen LogP contribution in [0.2, 0.25) is 0 Å². The number of rotatable bonds is 6. The number of nitriles is 1. The van der Waals surface area contributed by atoms with Gasteiger partial charge < -0.3 is 4.74 Å². The summed E-state index contributed by atoms with van der Waals surface area (Å²) in [6.07, 6.45) is 3.59. The Balaban J connectivity index is 1.60. The highest BCUT2D eigenvalue weighted by Gasteiger charge is 2.26. The van der Waals surface area contributed by atoms with Crippen LogP contribution in [0.5, 0.6) is 5.75 Å². The number of benzene rings is 1. The predicted octanol–water partition coefficient (Wildman–Crippen LogP) is 0.902. The molecule has 0 saturated heterocycles. The van der Waals surface area contributed by atoms with Crippen molar-refractivity contribution in [2.24, 2.45) is 0 Å². The van der Waals surface area contributed by atoms with E-state index in [0.717, 1.165) is 6.26 Å². The molecule has 1 aromatic carbocycles. The molecule has 0 aliphatic carbocycles. The molecule has 9 heteroatoms. The van der Waals surface area contributed by atoms with Gasteiger partial charge in [0, 0.05) is 18.7 Å². The van der Waals surface area contributed by atoms with Gasteiger partial charge >= 0.3 is 0 Å². The SMILES string of the molecule is CS(=O)(=O)N1CCc2c(ncn(CCCOc3cccc(C#N)c3)c2=O)C1. The Kier molecular flexibility index (Phi) is 5.58. The molecular formula is C18H20N4O4S. The number of ether oxygens (including phenoxy) is 1. The molecule has 8 nitrogen and oxygen atoms in total. The largest absolute Gasteiger partial charge is 0.493 e. The van der Waals surface area contributed by atoms with Gasteiger partial charge in [0.1, 0.15) is 5.75 Å². The lowest BCUT2D eigenvalue weighted by molar-refractivity contribution is 0.300. The maximum atomic E-state index is 12.6. The van der Waals surface area contributed by atoms with E-state index in [0.29, 0.717) is 55.1 Å². The van der Waals surface area contributed by atoms with Crippen molar-refractivity contribution in [1.82, 2.24) is 13.9 Å². The quantitative estimate of drug-likeness (QED) is 0.681. The number of aryl methyl sites for hydroxylation is 1. The number of aromatic nitrogens is 2. The summed E-state index contributed by atoms with van der Waals surface area (Å²) >= 11 is 0. The van der Waals surface area contributed by atoms with Gasteiger partial charge in [-0.1, -0.05) is 6.07 Å². The summed E-state index contributed by atoms with van der Waals surface area (Å²) in [5.41, 5.74) is 1.52. The van der Waals surface area contributed by atoms with Crippen LogP contribution in [-0.2, 0) is 29.5 Å². The van der Waals surface area contributed by atoms with Crippen molar-refractivity contribution in [2.75, 3.05) is 19.4 Å². The molecule has 142 valence electrons. The van der Waals surface area contributed by atoms with Crippen LogP contribution in [0, 0.1) is 11.3 Å². The lowest BCUT2D eigenvalue weighted by Gasteiger charge is -2.25. The third-order valence-corrected chi connectivity index (χ3v) is 5.65. The monoisotopic (exact) mass is 388 g/mol. The van der Waals surface area contributed by atoms with Gasteiger partial charge in [-0.2, -0.15) is 9.57 Å². The second kappa shape index (κ2) is 7.90. The predicted molar refractivity (Wildman–Crippen MR) is 98.7 cm³/mol. The van der Waals surface area contributed by atoms with E-state index in [2.05, 4.69) is 11.1 Å². The van der Waals surface area contributed by atoms with Crippen LogP contribution in [0.4, 0.5) is 0 Å². The molecule has 27 heavy (non-hydrogen) atoms. The van der Waals surface area contributed by atoms with E-state index in [1.165, 1.54) is 15.2 Å². The minimum atomic E-state index is -3.29. The highest BCUT2D eigenvalue weighted by molar-refractivity contribution is 7.88. The van der Waals surface area contributed by atoms with Gasteiger partial charge in [0.25, 0.3) is 5.56 Å². The molecule has 0 radical (unpaired) electrons. The summed E-state index contributed by atoms with van der Waals surface area (Å²) < 4.78 is 31.8. The summed E-state index contributed by atoms with van der Waals surface area (Å²) in [6.45, 7) is 1.29. The molecule has 2 aromatic rings. The maximum Gasteiger partial charge on any atom is 0.256 e. The first-order valence-corrected chi connectivity index (χ1v) is 10.4. The number of hydrogen-bond acceptors (Lipinski definition) is 6. The Hall–Kier alpha value is -2.70. The van der Waals surface area contributed by atoms with Crippen LogP contribution >= 0.6 is 0 Å². The van der Waals surface area contributed by atoms with Gasteiger partial charge in [-0.15, -0.1) is 0 Å². The number of hydrogen-bond donors (Lipinski definition) is 0. The van der Waals surface area contributed by atoms with E-state index in [4.69, 9.17) is 10.00 Å². The fourth-order valence-electron chi connectivity index (χ4n) is 2.96. The van der Waals surface area contributed by atoms with Crippen LogP contribution in [0.3, 0.4) is 0 Å². The second-order valence-corrected chi connectivity index (χ2v) is 8.34. The van der Waals surface area contributed by atoms with Gasteiger partial charge in [-0.25, -0.2) is 13.4 Å². The van der Waals surface area contributed by atoms with Gasteiger partial charge in [-0.05, 0) is 31.0 Å². The van der Waals surface area contributed by atoms with Gasteiger partial charge in [0.05, 0.1) is 43.1 Å². The highest BCUT2D eigenvalue weighted by Crippen LogP contribution is 2.16. The summed E-state index contributed by atoms with van der Waals surface area (Å²) in [4.78, 5) is 16.9. The molecule has 0 unspecified atom stereocenters. The van der Waals surface area contributed by atoms with E-state index < -0.39 is 10.0 Å². The van der Waals surface area contributed by atoms with Crippen molar-refractivity contribution in [3.05, 3.63) is 57.8 Å². The zero-order valence-corrected chi connectivity index (χ0v) is 15.8. The van der Waals surface area contributed by atoms with Crippen LogP contribution in [0.25, 0.3) is 0 Å². The Labute approximate surface area is 157 Å². The number of fused-ring (bicyclic) bond motifs is 1. The summed E-state index contributed by atoms with van der Waals surface area (Å²) in [6, 6.07) is 8.96. The third kappa shape index (κ3) is 4.53. The molecule has 0 fully saturated rings. The molecule has 1 aliphatic rings. The van der Waals surface area contributed by atoms with E-state index in [-0.39, 0.29) is 12.1 Å². The van der Waals surface area contributed by atoms with Crippen LogP contribution < -0.4 is 10.3 Å². The summed E-state index contributed by atoms with van der Waals surface area (Å²) in [7, 11) is -3.29. The smallest absolute Gasteiger partial charge is 0.256 e. The van der Waals surface area contributed by atoms with E-state index in [1.54, 1.807) is 24.3 Å². The van der Waals surface area contributed by atoms with Crippen molar-refractivity contribution < 1.29 is 13.2 Å². The fourth-order valence-corrected chi connectivity index (χ4v) is 3.74. The average Bonchev–Trinajstić information content (AvgIpc) is 2.66. The second-order valence-electron chi connectivity index (χ2n) is 6.36. The lowest BCUT2D eigenvalue weighted by Crippen LogP contribution is -2.39. The molecule has 0 bridgehead atoms. The minimum Gasteiger partial charge on any atom is -0.493 e. The zero-order valence-electron chi connectivity index (χ0n) is 15.0. The van der Waals surface area contributed by atoms with Crippen LogP contribution in [0.15, 0.2) is 35.4 Å². The highest BCUT2D eigenvalue weighted by atomic mass is 32.2.